The molecule has 1 fully saturated rings. The Hall–Kier alpha value is -1.68. The van der Waals surface area contributed by atoms with E-state index in [1.54, 1.807) is 0 Å². The predicted molar refractivity (Wildman–Crippen MR) is 72.0 cm³/mol. The summed E-state index contributed by atoms with van der Waals surface area (Å²) in [6.07, 6.45) is -0.573. The van der Waals surface area contributed by atoms with Crippen LogP contribution >= 0.6 is 0 Å². The zero-order valence-corrected chi connectivity index (χ0v) is 11.9. The highest BCUT2D eigenvalue weighted by atomic mass is 32.2. The molecule has 1 aromatic rings. The predicted octanol–water partition coefficient (Wildman–Crippen LogP) is -0.985. The number of sulfonamides is 1. The van der Waals surface area contributed by atoms with E-state index in [9.17, 15) is 13.2 Å². The van der Waals surface area contributed by atoms with Gasteiger partial charge in [-0.05, 0) is 12.1 Å². The molecule has 2 aliphatic heterocycles. The molecular weight excluding hydrogens is 300 g/mol. The smallest absolute Gasteiger partial charge is 0.271 e. The number of nitrogens with one attached hydrogen (secondary N) is 1. The van der Waals surface area contributed by atoms with E-state index in [4.69, 9.17) is 14.9 Å². The average molecular weight is 314 g/mol. The van der Waals surface area contributed by atoms with Gasteiger partial charge in [0.15, 0.2) is 6.29 Å². The maximum Gasteiger partial charge on any atom is 0.271 e. The number of nitrogens with zero attached hydrogens (tertiary/aromatic N) is 1. The molecule has 9 heteroatoms. The Balaban J connectivity index is 1.86. The second kappa shape index (κ2) is 4.41. The number of fused-ring (bicyclic) bond motifs is 1. The van der Waals surface area contributed by atoms with Crippen molar-refractivity contribution in [1.82, 2.24) is 4.31 Å². The van der Waals surface area contributed by atoms with Crippen molar-refractivity contribution in [2.24, 2.45) is 0 Å². The first-order valence-corrected chi connectivity index (χ1v) is 8.02. The highest BCUT2D eigenvalue weighted by Crippen LogP contribution is 2.39. The van der Waals surface area contributed by atoms with Crippen LogP contribution in [0.1, 0.15) is 11.9 Å². The van der Waals surface area contributed by atoms with Crippen molar-refractivity contribution >= 4 is 21.6 Å². The summed E-state index contributed by atoms with van der Waals surface area (Å²) in [5.74, 6) is -0.0772. The van der Waals surface area contributed by atoms with E-state index in [2.05, 4.69) is 5.32 Å². The number of hydrogen-bond donors (Lipinski definition) is 3. The third-order valence-electron chi connectivity index (χ3n) is 3.60. The van der Waals surface area contributed by atoms with Gasteiger partial charge < -0.3 is 20.3 Å². The summed E-state index contributed by atoms with van der Waals surface area (Å²) in [5.41, 5.74) is -0.663. The van der Waals surface area contributed by atoms with Gasteiger partial charge in [0.2, 0.25) is 15.6 Å². The molecule has 0 bridgehead atoms. The molecule has 0 saturated carbocycles. The summed E-state index contributed by atoms with van der Waals surface area (Å²) in [6, 6.07) is 4.37. The summed E-state index contributed by atoms with van der Waals surface area (Å²) < 4.78 is 29.6. The molecule has 0 radical (unpaired) electrons. The third kappa shape index (κ3) is 2.27. The summed E-state index contributed by atoms with van der Waals surface area (Å²) in [4.78, 5) is 12.1. The van der Waals surface area contributed by atoms with Crippen LogP contribution in [0.2, 0.25) is 0 Å². The topological polar surface area (TPSA) is 116 Å². The van der Waals surface area contributed by atoms with E-state index in [1.165, 1.54) is 18.2 Å². The number of aliphatic hydroxyl groups is 2. The molecule has 0 unspecified atom stereocenters. The van der Waals surface area contributed by atoms with Crippen molar-refractivity contribution in [2.45, 2.75) is 11.9 Å². The van der Waals surface area contributed by atoms with Gasteiger partial charge in [-0.1, -0.05) is 6.07 Å². The van der Waals surface area contributed by atoms with Gasteiger partial charge in [-0.15, -0.1) is 0 Å². The van der Waals surface area contributed by atoms with Crippen molar-refractivity contribution < 1.29 is 28.2 Å². The van der Waals surface area contributed by atoms with Crippen molar-refractivity contribution in [1.29, 1.82) is 0 Å². The number of benzene rings is 1. The highest BCUT2D eigenvalue weighted by Gasteiger charge is 2.56. The lowest BCUT2D eigenvalue weighted by Crippen LogP contribution is -2.72. The Bertz CT molecular complexity index is 708. The Morgan fingerprint density at radius 2 is 2.05 bits per heavy atom. The number of hydrogen-bond acceptors (Lipinski definition) is 6. The molecular formula is C12H14N2O6S. The van der Waals surface area contributed by atoms with Gasteiger partial charge >= 0.3 is 0 Å². The van der Waals surface area contributed by atoms with E-state index >= 15 is 0 Å². The minimum atomic E-state index is -3.35. The molecule has 1 aromatic carbocycles. The summed E-state index contributed by atoms with van der Waals surface area (Å²) in [6.45, 7) is -0.0804. The molecule has 3 rings (SSSR count). The highest BCUT2D eigenvalue weighted by molar-refractivity contribution is 7.88. The van der Waals surface area contributed by atoms with Crippen molar-refractivity contribution in [3.05, 3.63) is 23.8 Å². The van der Waals surface area contributed by atoms with Gasteiger partial charge in [-0.2, -0.15) is 4.31 Å². The zero-order valence-electron chi connectivity index (χ0n) is 11.1. The van der Waals surface area contributed by atoms with Crippen LogP contribution in [0, 0.1) is 0 Å². The van der Waals surface area contributed by atoms with Gasteiger partial charge in [-0.3, -0.25) is 4.79 Å². The molecule has 1 spiro atoms. The molecule has 0 atom stereocenters. The molecule has 1 saturated heterocycles. The van der Waals surface area contributed by atoms with Gasteiger partial charge in [0, 0.05) is 5.56 Å². The van der Waals surface area contributed by atoms with E-state index in [0.29, 0.717) is 11.4 Å². The van der Waals surface area contributed by atoms with Gasteiger partial charge in [-0.25, -0.2) is 8.42 Å². The lowest BCUT2D eigenvalue weighted by molar-refractivity contribution is -0.142. The Morgan fingerprint density at radius 3 is 2.62 bits per heavy atom. The fourth-order valence-electron chi connectivity index (χ4n) is 2.35. The number of amides is 1. The van der Waals surface area contributed by atoms with Crippen LogP contribution in [0.25, 0.3) is 0 Å². The van der Waals surface area contributed by atoms with Crippen molar-refractivity contribution in [3.8, 4) is 5.75 Å². The van der Waals surface area contributed by atoms with Gasteiger partial charge in [0.05, 0.1) is 25.0 Å². The van der Waals surface area contributed by atoms with Crippen LogP contribution in [0.4, 0.5) is 5.69 Å². The number of carbonyl (C=O) groups is 1. The standard InChI is InChI=1S/C12H14N2O6S/c1-21(18,19)14-5-12(6-14)11(17)13-8-4-7(10(15)16)2-3-9(8)20-12/h2-4,10,15-16H,5-6H2,1H3,(H,13,17). The minimum Gasteiger partial charge on any atom is -0.472 e. The fourth-order valence-corrected chi connectivity index (χ4v) is 3.24. The molecule has 3 N–H and O–H groups in total. The quantitative estimate of drug-likeness (QED) is 0.604. The number of aliphatic hydroxyl groups excluding tert-OH is 1. The zero-order chi connectivity index (χ0) is 15.4. The van der Waals surface area contributed by atoms with Crippen LogP contribution < -0.4 is 10.1 Å². The second-order valence-corrected chi connectivity index (χ2v) is 7.19. The first-order chi connectivity index (χ1) is 9.71. The number of ether oxygens (including phenoxy) is 1. The van der Waals surface area contributed by atoms with E-state index in [1.807, 2.05) is 0 Å². The van der Waals surface area contributed by atoms with Crippen molar-refractivity contribution in [2.75, 3.05) is 24.7 Å². The number of rotatable bonds is 2. The lowest BCUT2D eigenvalue weighted by atomic mass is 9.93. The first kappa shape index (κ1) is 14.3. The maximum absolute atomic E-state index is 12.1. The number of anilines is 1. The first-order valence-electron chi connectivity index (χ1n) is 6.17. The largest absolute Gasteiger partial charge is 0.472 e. The van der Waals surface area contributed by atoms with E-state index < -0.39 is 27.8 Å². The molecule has 2 aliphatic rings. The third-order valence-corrected chi connectivity index (χ3v) is 4.80. The Labute approximate surface area is 121 Å². The summed E-state index contributed by atoms with van der Waals surface area (Å²) in [5, 5.41) is 20.8. The summed E-state index contributed by atoms with van der Waals surface area (Å²) >= 11 is 0. The van der Waals surface area contributed by atoms with Crippen LogP contribution in [0.5, 0.6) is 5.75 Å². The number of carbonyl (C=O) groups excluding carboxylic acids is 1. The van der Waals surface area contributed by atoms with Gasteiger partial charge in [0.25, 0.3) is 5.91 Å². The van der Waals surface area contributed by atoms with Crippen LogP contribution in [-0.2, 0) is 14.8 Å². The van der Waals surface area contributed by atoms with Crippen LogP contribution in [-0.4, -0.2) is 53.8 Å². The molecule has 0 aromatic heterocycles. The van der Waals surface area contributed by atoms with E-state index in [0.717, 1.165) is 10.6 Å². The molecule has 2 heterocycles. The maximum atomic E-state index is 12.1. The molecule has 0 aliphatic carbocycles. The monoisotopic (exact) mass is 314 g/mol. The lowest BCUT2D eigenvalue weighted by Gasteiger charge is -2.48. The molecule has 114 valence electrons. The van der Waals surface area contributed by atoms with E-state index in [-0.39, 0.29) is 18.7 Å². The van der Waals surface area contributed by atoms with Crippen LogP contribution in [0.15, 0.2) is 18.2 Å². The molecule has 21 heavy (non-hydrogen) atoms. The fraction of sp³-hybridized carbons (Fsp3) is 0.417. The minimum absolute atomic E-state index is 0.0402. The molecule has 1 amide bonds. The normalized spacial score (nSPS) is 20.7. The van der Waals surface area contributed by atoms with Crippen molar-refractivity contribution in [3.63, 3.8) is 0 Å². The van der Waals surface area contributed by atoms with Gasteiger partial charge in [0.1, 0.15) is 5.75 Å². The average Bonchev–Trinajstić information content (AvgIpc) is 2.33. The SMILES string of the molecule is CS(=O)(=O)N1CC2(C1)Oc1ccc(C(O)O)cc1NC2=O. The Kier molecular flexibility index (Phi) is 2.99. The molecule has 8 nitrogen and oxygen atoms in total. The Morgan fingerprint density at radius 1 is 1.38 bits per heavy atom. The second-order valence-electron chi connectivity index (χ2n) is 5.21. The van der Waals surface area contributed by atoms with Crippen LogP contribution in [0.3, 0.4) is 0 Å². The summed E-state index contributed by atoms with van der Waals surface area (Å²) in [7, 11) is -3.35.